The molecule has 0 saturated carbocycles. The van der Waals surface area contributed by atoms with Gasteiger partial charge in [0.1, 0.15) is 12.4 Å². The van der Waals surface area contributed by atoms with Gasteiger partial charge < -0.3 is 19.9 Å². The number of ether oxygens (including phenoxy) is 2. The molecule has 1 aromatic heterocycles. The molecular formula is C23H27N5O11P+. The van der Waals surface area contributed by atoms with Crippen molar-refractivity contribution in [2.24, 2.45) is 0 Å². The van der Waals surface area contributed by atoms with E-state index >= 15 is 0 Å². The van der Waals surface area contributed by atoms with Gasteiger partial charge in [-0.05, 0) is 34.9 Å². The molecule has 0 aliphatic carbocycles. The number of aliphatic hydroxyl groups is 1. The summed E-state index contributed by atoms with van der Waals surface area (Å²) in [5.41, 5.74) is 1.65. The van der Waals surface area contributed by atoms with Crippen molar-refractivity contribution < 1.29 is 53.3 Å². The van der Waals surface area contributed by atoms with Crippen molar-refractivity contribution in [3.63, 3.8) is 0 Å². The fourth-order valence-corrected chi connectivity index (χ4v) is 3.74. The number of hydrogen-bond donors (Lipinski definition) is 4. The molecule has 0 saturated heterocycles. The van der Waals surface area contributed by atoms with Crippen molar-refractivity contribution in [1.82, 2.24) is 25.5 Å². The lowest BCUT2D eigenvalue weighted by molar-refractivity contribution is -0.503. The van der Waals surface area contributed by atoms with Gasteiger partial charge in [-0.25, -0.2) is 14.9 Å². The molecule has 0 fully saturated rings. The SMILES string of the molecule is O=C(Cc1ccc(OC(=O)NCCCC(O)(COOO)O[P+](=O)O)cc1)OCn1nnc(Cc2ccccc2)n1. The maximum absolute atomic E-state index is 12.2. The number of benzene rings is 2. The van der Waals surface area contributed by atoms with Crippen LogP contribution in [0.25, 0.3) is 0 Å². The molecule has 3 rings (SSSR count). The minimum Gasteiger partial charge on any atom is -0.440 e. The van der Waals surface area contributed by atoms with E-state index in [4.69, 9.17) is 19.6 Å². The van der Waals surface area contributed by atoms with Crippen LogP contribution in [0.1, 0.15) is 29.8 Å². The Morgan fingerprint density at radius 3 is 2.52 bits per heavy atom. The van der Waals surface area contributed by atoms with Crippen LogP contribution in [0.2, 0.25) is 0 Å². The molecule has 0 aliphatic heterocycles. The minimum atomic E-state index is -3.17. The Kier molecular flexibility index (Phi) is 12.0. The van der Waals surface area contributed by atoms with Crippen LogP contribution in [0.4, 0.5) is 4.79 Å². The van der Waals surface area contributed by atoms with Crippen molar-refractivity contribution in [2.45, 2.75) is 38.2 Å². The van der Waals surface area contributed by atoms with Crippen molar-refractivity contribution in [1.29, 1.82) is 0 Å². The highest BCUT2D eigenvalue weighted by Crippen LogP contribution is 2.28. The molecule has 0 bridgehead atoms. The largest absolute Gasteiger partial charge is 0.697 e. The van der Waals surface area contributed by atoms with Gasteiger partial charge in [-0.15, -0.1) is 19.9 Å². The third-order valence-electron chi connectivity index (χ3n) is 5.12. The van der Waals surface area contributed by atoms with Crippen LogP contribution in [-0.4, -0.2) is 66.5 Å². The minimum absolute atomic E-state index is 0.00496. The van der Waals surface area contributed by atoms with Gasteiger partial charge in [0.05, 0.1) is 6.42 Å². The van der Waals surface area contributed by atoms with Crippen LogP contribution in [0, 0.1) is 0 Å². The Morgan fingerprint density at radius 2 is 1.82 bits per heavy atom. The third kappa shape index (κ3) is 11.1. The number of carbonyl (C=O) groups excluding carboxylic acids is 2. The van der Waals surface area contributed by atoms with E-state index in [2.05, 4.69) is 35.2 Å². The normalized spacial score (nSPS) is 12.8. The summed E-state index contributed by atoms with van der Waals surface area (Å²) in [5, 5.41) is 36.1. The van der Waals surface area contributed by atoms with E-state index in [0.29, 0.717) is 17.8 Å². The number of hydrogen-bond acceptors (Lipinski definition) is 13. The standard InChI is InChI=1S/C23H26N5O11P/c29-21(35-16-28-26-20(25-27-28)13-17-5-2-1-3-6-17)14-18-7-9-19(10-8-18)37-22(30)24-12-4-11-23(31,15-36-39-32)38-40(33)34/h1-3,5-10,31H,4,11-16H2,(H2-,24,30,32,33,34)/p+1. The van der Waals surface area contributed by atoms with Gasteiger partial charge in [-0.2, -0.15) is 0 Å². The van der Waals surface area contributed by atoms with Crippen LogP contribution in [0.3, 0.4) is 0 Å². The predicted octanol–water partition coefficient (Wildman–Crippen LogP) is 1.65. The molecule has 2 aromatic carbocycles. The Bertz CT molecular complexity index is 1250. The van der Waals surface area contributed by atoms with Crippen LogP contribution >= 0.6 is 8.25 Å². The highest BCUT2D eigenvalue weighted by atomic mass is 31.1. The molecule has 2 unspecified atom stereocenters. The highest BCUT2D eigenvalue weighted by Gasteiger charge is 2.39. The number of amides is 1. The quantitative estimate of drug-likeness (QED) is 0.0474. The lowest BCUT2D eigenvalue weighted by Crippen LogP contribution is -2.37. The van der Waals surface area contributed by atoms with Gasteiger partial charge in [0.25, 0.3) is 0 Å². The van der Waals surface area contributed by atoms with E-state index in [1.54, 1.807) is 12.1 Å². The zero-order valence-corrected chi connectivity index (χ0v) is 21.9. The lowest BCUT2D eigenvalue weighted by atomic mass is 10.1. The van der Waals surface area contributed by atoms with Crippen molar-refractivity contribution in [3.8, 4) is 5.75 Å². The van der Waals surface area contributed by atoms with E-state index in [-0.39, 0.29) is 38.3 Å². The summed E-state index contributed by atoms with van der Waals surface area (Å²) >= 11 is 0. The maximum Gasteiger partial charge on any atom is 0.697 e. The Balaban J connectivity index is 1.35. The van der Waals surface area contributed by atoms with Crippen molar-refractivity contribution in [3.05, 3.63) is 71.5 Å². The van der Waals surface area contributed by atoms with E-state index in [1.165, 1.54) is 16.9 Å². The predicted molar refractivity (Wildman–Crippen MR) is 132 cm³/mol. The third-order valence-corrected chi connectivity index (χ3v) is 5.62. The molecule has 0 aliphatic rings. The first kappa shape index (κ1) is 30.6. The van der Waals surface area contributed by atoms with Gasteiger partial charge in [0, 0.05) is 24.0 Å². The summed E-state index contributed by atoms with van der Waals surface area (Å²) in [6.07, 6.45) is -0.488. The molecule has 214 valence electrons. The molecule has 16 nitrogen and oxygen atoms in total. The first-order valence-corrected chi connectivity index (χ1v) is 12.9. The number of aromatic nitrogens is 4. The Morgan fingerprint density at radius 1 is 1.07 bits per heavy atom. The highest BCUT2D eigenvalue weighted by molar-refractivity contribution is 7.32. The number of tetrazole rings is 1. The smallest absolute Gasteiger partial charge is 0.440 e. The van der Waals surface area contributed by atoms with Gasteiger partial charge in [-0.1, -0.05) is 52.0 Å². The summed E-state index contributed by atoms with van der Waals surface area (Å²) in [5.74, 6) is -2.04. The van der Waals surface area contributed by atoms with Crippen LogP contribution in [0.15, 0.2) is 54.6 Å². The summed E-state index contributed by atoms with van der Waals surface area (Å²) < 4.78 is 25.6. The summed E-state index contributed by atoms with van der Waals surface area (Å²) in [6.45, 7) is -0.945. The zero-order chi connectivity index (χ0) is 28.8. The van der Waals surface area contributed by atoms with Gasteiger partial charge in [0.15, 0.2) is 5.82 Å². The maximum atomic E-state index is 12.2. The van der Waals surface area contributed by atoms with E-state index < -0.39 is 32.7 Å². The average Bonchev–Trinajstić information content (AvgIpc) is 3.37. The van der Waals surface area contributed by atoms with Gasteiger partial charge in [-0.3, -0.25) is 4.79 Å². The van der Waals surface area contributed by atoms with Crippen LogP contribution in [-0.2, 0) is 48.1 Å². The number of esters is 1. The lowest BCUT2D eigenvalue weighted by Gasteiger charge is -2.19. The molecule has 2 atom stereocenters. The number of carbonyl (C=O) groups is 2. The van der Waals surface area contributed by atoms with Crippen LogP contribution < -0.4 is 10.1 Å². The molecule has 40 heavy (non-hydrogen) atoms. The number of rotatable bonds is 16. The molecule has 4 N–H and O–H groups in total. The fraction of sp³-hybridized carbons (Fsp3) is 0.348. The van der Waals surface area contributed by atoms with Gasteiger partial charge in [0.2, 0.25) is 12.5 Å². The van der Waals surface area contributed by atoms with E-state index in [0.717, 1.165) is 5.56 Å². The summed E-state index contributed by atoms with van der Waals surface area (Å²) in [4.78, 5) is 38.3. The summed E-state index contributed by atoms with van der Waals surface area (Å²) in [6, 6.07) is 15.8. The molecule has 1 heterocycles. The second kappa shape index (κ2) is 15.6. The van der Waals surface area contributed by atoms with Crippen molar-refractivity contribution in [2.75, 3.05) is 13.2 Å². The average molecular weight is 580 g/mol. The number of nitrogens with one attached hydrogen (secondary N) is 1. The van der Waals surface area contributed by atoms with E-state index in [9.17, 15) is 19.3 Å². The molecule has 0 radical (unpaired) electrons. The molecular weight excluding hydrogens is 553 g/mol. The second-order valence-electron chi connectivity index (χ2n) is 8.24. The first-order valence-electron chi connectivity index (χ1n) is 11.8. The fourth-order valence-electron chi connectivity index (χ4n) is 3.31. The first-order chi connectivity index (χ1) is 19.2. The topological polar surface area (TPSA) is 214 Å². The zero-order valence-electron chi connectivity index (χ0n) is 21.0. The van der Waals surface area contributed by atoms with Crippen LogP contribution in [0.5, 0.6) is 5.75 Å². The van der Waals surface area contributed by atoms with E-state index in [1.807, 2.05) is 30.3 Å². The Hall–Kier alpha value is -3.89. The molecule has 1 amide bonds. The monoisotopic (exact) mass is 580 g/mol. The molecule has 17 heteroatoms. The molecule has 3 aromatic rings. The Labute approximate surface area is 228 Å². The second-order valence-corrected chi connectivity index (χ2v) is 8.90. The summed E-state index contributed by atoms with van der Waals surface area (Å²) in [7, 11) is -3.17. The number of nitrogens with zero attached hydrogens (tertiary/aromatic N) is 4. The molecule has 0 spiro atoms. The van der Waals surface area contributed by atoms with Crippen molar-refractivity contribution >= 4 is 20.3 Å². The van der Waals surface area contributed by atoms with Gasteiger partial charge >= 0.3 is 20.3 Å².